The van der Waals surface area contributed by atoms with Crippen LogP contribution in [-0.4, -0.2) is 76.2 Å². The fraction of sp³-hybridized carbons (Fsp3) is 0.500. The van der Waals surface area contributed by atoms with Crippen molar-refractivity contribution >= 4 is 33.3 Å². The molecule has 1 atom stereocenters. The third kappa shape index (κ3) is 5.12. The summed E-state index contributed by atoms with van der Waals surface area (Å²) < 4.78 is 5.32. The van der Waals surface area contributed by atoms with Crippen LogP contribution in [0.5, 0.6) is 5.75 Å². The molecule has 8 nitrogen and oxygen atoms in total. The second-order valence-corrected chi connectivity index (χ2v) is 10.5. The molecule has 186 valence electrons. The lowest BCUT2D eigenvalue weighted by atomic mass is 9.98. The van der Waals surface area contributed by atoms with Crippen LogP contribution in [0.3, 0.4) is 0 Å². The summed E-state index contributed by atoms with van der Waals surface area (Å²) in [5.74, 6) is 1.64. The summed E-state index contributed by atoms with van der Waals surface area (Å²) in [7, 11) is 1.66. The summed E-state index contributed by atoms with van der Waals surface area (Å²) >= 11 is 1.45. The number of β-amino-alcohol motifs (C(OH)–C–C–N with tert-alkyl or cyclic N) is 1. The Morgan fingerprint density at radius 3 is 2.83 bits per heavy atom. The van der Waals surface area contributed by atoms with E-state index in [1.807, 2.05) is 36.1 Å². The zero-order chi connectivity index (χ0) is 24.4. The van der Waals surface area contributed by atoms with Crippen LogP contribution in [0.4, 0.5) is 5.82 Å². The summed E-state index contributed by atoms with van der Waals surface area (Å²) in [6.45, 7) is 5.90. The average Bonchev–Trinajstić information content (AvgIpc) is 3.24. The third-order valence-electron chi connectivity index (χ3n) is 7.21. The maximum Gasteiger partial charge on any atom is 0.264 e. The van der Waals surface area contributed by atoms with Gasteiger partial charge < -0.3 is 20.1 Å². The van der Waals surface area contributed by atoms with Crippen molar-refractivity contribution in [3.8, 4) is 5.75 Å². The zero-order valence-corrected chi connectivity index (χ0v) is 21.2. The molecular formula is C26H33N5O3S. The summed E-state index contributed by atoms with van der Waals surface area (Å²) in [5.41, 5.74) is 2.02. The number of likely N-dealkylation sites (tertiary alicyclic amines) is 2. The van der Waals surface area contributed by atoms with E-state index in [0.717, 1.165) is 89.7 Å². The molecule has 3 aromatic rings. The van der Waals surface area contributed by atoms with Gasteiger partial charge in [0.15, 0.2) is 0 Å². The molecule has 0 aliphatic carbocycles. The van der Waals surface area contributed by atoms with Gasteiger partial charge in [0.2, 0.25) is 0 Å². The highest BCUT2D eigenvalue weighted by molar-refractivity contribution is 7.20. The van der Waals surface area contributed by atoms with Crippen LogP contribution < -0.4 is 10.1 Å². The quantitative estimate of drug-likeness (QED) is 0.539. The molecule has 0 saturated carbocycles. The van der Waals surface area contributed by atoms with Crippen LogP contribution in [0.15, 0.2) is 30.6 Å². The van der Waals surface area contributed by atoms with Gasteiger partial charge in [-0.2, -0.15) is 0 Å². The molecule has 35 heavy (non-hydrogen) atoms. The number of aryl methyl sites for hydroxylation is 1. The molecular weight excluding hydrogens is 462 g/mol. The lowest BCUT2D eigenvalue weighted by molar-refractivity contribution is 0.0241. The summed E-state index contributed by atoms with van der Waals surface area (Å²) in [6.07, 6.45) is 5.20. The van der Waals surface area contributed by atoms with E-state index in [4.69, 9.17) is 4.74 Å². The monoisotopic (exact) mass is 495 g/mol. The van der Waals surface area contributed by atoms with Gasteiger partial charge in [-0.05, 0) is 62.4 Å². The van der Waals surface area contributed by atoms with Crippen LogP contribution in [-0.2, 0) is 6.54 Å². The number of carbonyl (C=O) groups excluding carboxylic acids is 1. The normalized spacial score (nSPS) is 19.7. The van der Waals surface area contributed by atoms with Gasteiger partial charge in [0.1, 0.15) is 22.7 Å². The highest BCUT2D eigenvalue weighted by Crippen LogP contribution is 2.35. The minimum atomic E-state index is -0.211. The van der Waals surface area contributed by atoms with E-state index in [-0.39, 0.29) is 12.0 Å². The third-order valence-corrected chi connectivity index (χ3v) is 8.40. The van der Waals surface area contributed by atoms with E-state index in [1.165, 1.54) is 11.3 Å². The molecule has 2 N–H and O–H groups in total. The summed E-state index contributed by atoms with van der Waals surface area (Å²) in [4.78, 5) is 28.4. The van der Waals surface area contributed by atoms with E-state index < -0.39 is 0 Å². The molecule has 0 radical (unpaired) electrons. The highest BCUT2D eigenvalue weighted by Gasteiger charge is 2.31. The molecule has 2 aromatic heterocycles. The number of piperidine rings is 2. The molecule has 2 aliphatic rings. The molecule has 4 heterocycles. The topological polar surface area (TPSA) is 90.8 Å². The van der Waals surface area contributed by atoms with Gasteiger partial charge in [-0.3, -0.25) is 9.69 Å². The summed E-state index contributed by atoms with van der Waals surface area (Å²) in [6, 6.07) is 8.38. The lowest BCUT2D eigenvalue weighted by Crippen LogP contribution is -2.50. The predicted molar refractivity (Wildman–Crippen MR) is 138 cm³/mol. The first-order valence-corrected chi connectivity index (χ1v) is 13.2. The first-order valence-electron chi connectivity index (χ1n) is 12.4. The number of nitrogens with one attached hydrogen (secondary N) is 1. The molecule has 0 bridgehead atoms. The van der Waals surface area contributed by atoms with Crippen molar-refractivity contribution in [3.05, 3.63) is 46.6 Å². The number of hydrogen-bond donors (Lipinski definition) is 2. The predicted octanol–water partition coefficient (Wildman–Crippen LogP) is 3.68. The number of nitrogens with zero attached hydrogens (tertiary/aromatic N) is 4. The lowest BCUT2D eigenvalue weighted by Gasteiger charge is -2.41. The number of rotatable bonds is 6. The zero-order valence-electron chi connectivity index (χ0n) is 20.4. The number of amides is 1. The number of hydrogen-bond acceptors (Lipinski definition) is 8. The fourth-order valence-electron chi connectivity index (χ4n) is 5.27. The Labute approximate surface area is 209 Å². The van der Waals surface area contributed by atoms with Crippen molar-refractivity contribution in [1.82, 2.24) is 19.8 Å². The van der Waals surface area contributed by atoms with E-state index in [0.29, 0.717) is 12.6 Å². The van der Waals surface area contributed by atoms with Crippen molar-refractivity contribution < 1.29 is 14.6 Å². The first kappa shape index (κ1) is 24.0. The van der Waals surface area contributed by atoms with Gasteiger partial charge in [0, 0.05) is 32.2 Å². The van der Waals surface area contributed by atoms with E-state index >= 15 is 0 Å². The van der Waals surface area contributed by atoms with E-state index in [1.54, 1.807) is 13.4 Å². The molecule has 1 aromatic carbocycles. The largest absolute Gasteiger partial charge is 0.497 e. The van der Waals surface area contributed by atoms with Crippen LogP contribution in [0.2, 0.25) is 0 Å². The second-order valence-electron chi connectivity index (χ2n) is 9.48. The number of aliphatic hydroxyl groups is 1. The molecule has 2 fully saturated rings. The summed E-state index contributed by atoms with van der Waals surface area (Å²) in [5, 5.41) is 14.4. The average molecular weight is 496 g/mol. The Balaban J connectivity index is 1.28. The minimum absolute atomic E-state index is 0.0846. The molecule has 2 aliphatic heterocycles. The van der Waals surface area contributed by atoms with Crippen molar-refractivity contribution in [2.24, 2.45) is 0 Å². The number of fused-ring (bicyclic) bond motifs is 1. The van der Waals surface area contributed by atoms with Crippen LogP contribution in [0.25, 0.3) is 10.2 Å². The minimum Gasteiger partial charge on any atom is -0.497 e. The Hall–Kier alpha value is -2.75. The smallest absolute Gasteiger partial charge is 0.264 e. The van der Waals surface area contributed by atoms with Crippen LogP contribution in [0.1, 0.15) is 46.5 Å². The maximum atomic E-state index is 13.5. The molecule has 5 rings (SSSR count). The number of aliphatic hydroxyl groups excluding tert-OH is 1. The van der Waals surface area contributed by atoms with Crippen LogP contribution in [0, 0.1) is 6.92 Å². The number of methoxy groups -OCH3 is 1. The number of benzene rings is 1. The number of ether oxygens (including phenoxy) is 1. The molecule has 0 spiro atoms. The highest BCUT2D eigenvalue weighted by atomic mass is 32.1. The van der Waals surface area contributed by atoms with Gasteiger partial charge in [0.25, 0.3) is 5.91 Å². The Morgan fingerprint density at radius 1 is 1.23 bits per heavy atom. The van der Waals surface area contributed by atoms with Crippen molar-refractivity contribution in [3.63, 3.8) is 0 Å². The van der Waals surface area contributed by atoms with Crippen molar-refractivity contribution in [1.29, 1.82) is 0 Å². The number of anilines is 1. The van der Waals surface area contributed by atoms with Gasteiger partial charge in [-0.25, -0.2) is 9.97 Å². The molecule has 1 amide bonds. The van der Waals surface area contributed by atoms with Gasteiger partial charge in [-0.1, -0.05) is 12.1 Å². The first-order chi connectivity index (χ1) is 17.0. The molecule has 0 unspecified atom stereocenters. The second kappa shape index (κ2) is 10.5. The number of carbonyl (C=O) groups is 1. The van der Waals surface area contributed by atoms with E-state index in [2.05, 4.69) is 20.2 Å². The standard InChI is InChI=1S/C26H33N5O3S/c1-17-22-24(27-14-18-5-3-7-21(13-18)34-2)28-16-29-25(22)35-23(17)26(33)30-11-8-19(9-12-30)31-10-4-6-20(32)15-31/h3,5,7,13,16,19-20,32H,4,6,8-12,14-15H2,1-2H3,(H,27,28,29)/t20-/m1/s1. The van der Waals surface area contributed by atoms with Crippen molar-refractivity contribution in [2.45, 2.75) is 51.3 Å². The van der Waals surface area contributed by atoms with Crippen LogP contribution >= 0.6 is 11.3 Å². The Bertz CT molecular complexity index is 1190. The van der Waals surface area contributed by atoms with Gasteiger partial charge >= 0.3 is 0 Å². The molecule has 9 heteroatoms. The number of thiophene rings is 1. The molecule has 2 saturated heterocycles. The van der Waals surface area contributed by atoms with E-state index in [9.17, 15) is 9.90 Å². The van der Waals surface area contributed by atoms with Gasteiger partial charge in [-0.15, -0.1) is 11.3 Å². The van der Waals surface area contributed by atoms with Gasteiger partial charge in [0.05, 0.1) is 23.5 Å². The SMILES string of the molecule is COc1cccc(CNc2ncnc3sc(C(=O)N4CCC(N5CCC[C@@H](O)C5)CC4)c(C)c23)c1. The van der Waals surface area contributed by atoms with Crippen molar-refractivity contribution in [2.75, 3.05) is 38.6 Å². The Kier molecular flexibility index (Phi) is 7.17. The number of aromatic nitrogens is 2. The Morgan fingerprint density at radius 2 is 2.06 bits per heavy atom. The maximum absolute atomic E-state index is 13.5. The fourth-order valence-corrected chi connectivity index (χ4v) is 6.39.